The van der Waals surface area contributed by atoms with Crippen LogP contribution in [0.4, 0.5) is 5.69 Å². The maximum absolute atomic E-state index is 3.66. The van der Waals surface area contributed by atoms with E-state index in [9.17, 15) is 0 Å². The minimum absolute atomic E-state index is 0.519. The van der Waals surface area contributed by atoms with Gasteiger partial charge in [0.15, 0.2) is 0 Å². The van der Waals surface area contributed by atoms with Gasteiger partial charge in [0.1, 0.15) is 0 Å². The van der Waals surface area contributed by atoms with Gasteiger partial charge in [-0.1, -0.05) is 30.3 Å². The molecule has 0 spiro atoms. The van der Waals surface area contributed by atoms with E-state index < -0.39 is 0 Å². The Morgan fingerprint density at radius 1 is 1.05 bits per heavy atom. The summed E-state index contributed by atoms with van der Waals surface area (Å²) in [7, 11) is 2.19. The summed E-state index contributed by atoms with van der Waals surface area (Å²) in [6.45, 7) is 6.36. The van der Waals surface area contributed by atoms with Crippen LogP contribution < -0.4 is 10.2 Å². The van der Waals surface area contributed by atoms with E-state index in [1.54, 1.807) is 0 Å². The molecule has 3 rings (SSSR count). The highest BCUT2D eigenvalue weighted by Crippen LogP contribution is 2.20. The molecule has 0 fully saturated rings. The third-order valence-electron chi connectivity index (χ3n) is 4.31. The number of rotatable bonds is 3. The van der Waals surface area contributed by atoms with E-state index >= 15 is 0 Å². The van der Waals surface area contributed by atoms with E-state index in [0.29, 0.717) is 6.04 Å². The fraction of sp³-hybridized carbons (Fsp3) is 0.368. The van der Waals surface area contributed by atoms with Crippen LogP contribution in [0, 0.1) is 13.8 Å². The predicted octanol–water partition coefficient (Wildman–Crippen LogP) is 3.45. The number of nitrogens with one attached hydrogen (secondary N) is 1. The summed E-state index contributed by atoms with van der Waals surface area (Å²) < 4.78 is 0. The number of likely N-dealkylation sites (N-methyl/N-ethyl adjacent to an activating group) is 1. The normalized spacial score (nSPS) is 17.4. The SMILES string of the molecule is Cc1cc(C)cc(N(C)CC2Cc3ccccc3CN2)c1. The molecule has 2 heteroatoms. The molecule has 2 aromatic carbocycles. The fourth-order valence-corrected chi connectivity index (χ4v) is 3.26. The van der Waals surface area contributed by atoms with Gasteiger partial charge in [-0.2, -0.15) is 0 Å². The molecule has 0 saturated heterocycles. The molecule has 1 aliphatic heterocycles. The van der Waals surface area contributed by atoms with E-state index in [1.165, 1.54) is 27.9 Å². The summed E-state index contributed by atoms with van der Waals surface area (Å²) in [5.74, 6) is 0. The van der Waals surface area contributed by atoms with Crippen molar-refractivity contribution in [3.63, 3.8) is 0 Å². The van der Waals surface area contributed by atoms with Gasteiger partial charge in [0, 0.05) is 31.9 Å². The Morgan fingerprint density at radius 2 is 1.71 bits per heavy atom. The van der Waals surface area contributed by atoms with E-state index in [2.05, 4.69) is 73.6 Å². The van der Waals surface area contributed by atoms with Crippen LogP contribution in [-0.4, -0.2) is 19.6 Å². The molecule has 0 radical (unpaired) electrons. The molecular formula is C19H24N2. The number of hydrogen-bond acceptors (Lipinski definition) is 2. The number of aryl methyl sites for hydroxylation is 2. The average Bonchev–Trinajstić information content (AvgIpc) is 2.46. The smallest absolute Gasteiger partial charge is 0.0369 e. The van der Waals surface area contributed by atoms with Gasteiger partial charge in [0.2, 0.25) is 0 Å². The van der Waals surface area contributed by atoms with Gasteiger partial charge in [-0.15, -0.1) is 0 Å². The Balaban J connectivity index is 1.70. The summed E-state index contributed by atoms with van der Waals surface area (Å²) in [4.78, 5) is 2.37. The highest BCUT2D eigenvalue weighted by atomic mass is 15.1. The summed E-state index contributed by atoms with van der Waals surface area (Å²) in [5, 5.41) is 3.66. The summed E-state index contributed by atoms with van der Waals surface area (Å²) in [6.07, 6.45) is 1.12. The quantitative estimate of drug-likeness (QED) is 0.926. The third-order valence-corrected chi connectivity index (χ3v) is 4.31. The zero-order chi connectivity index (χ0) is 14.8. The first-order valence-electron chi connectivity index (χ1n) is 7.71. The largest absolute Gasteiger partial charge is 0.373 e. The highest BCUT2D eigenvalue weighted by Gasteiger charge is 2.19. The Kier molecular flexibility index (Phi) is 3.98. The second-order valence-corrected chi connectivity index (χ2v) is 6.28. The lowest BCUT2D eigenvalue weighted by Crippen LogP contribution is -2.43. The molecule has 0 aromatic heterocycles. The summed E-state index contributed by atoms with van der Waals surface area (Å²) in [5.41, 5.74) is 6.92. The van der Waals surface area contributed by atoms with Crippen molar-refractivity contribution < 1.29 is 0 Å². The van der Waals surface area contributed by atoms with Crippen molar-refractivity contribution in [3.8, 4) is 0 Å². The maximum Gasteiger partial charge on any atom is 0.0369 e. The Bertz CT molecular complexity index is 613. The molecule has 2 aromatic rings. The first-order valence-corrected chi connectivity index (χ1v) is 7.71. The van der Waals surface area contributed by atoms with Crippen LogP contribution in [0.5, 0.6) is 0 Å². The monoisotopic (exact) mass is 280 g/mol. The van der Waals surface area contributed by atoms with Crippen molar-refractivity contribution in [1.82, 2.24) is 5.32 Å². The standard InChI is InChI=1S/C19H24N2/c1-14-8-15(2)10-19(9-14)21(3)13-18-11-16-6-4-5-7-17(16)12-20-18/h4-10,18,20H,11-13H2,1-3H3. The van der Waals surface area contributed by atoms with Crippen LogP contribution in [0.2, 0.25) is 0 Å². The molecule has 0 aliphatic carbocycles. The number of nitrogens with zero attached hydrogens (tertiary/aromatic N) is 1. The van der Waals surface area contributed by atoms with Crippen molar-refractivity contribution in [1.29, 1.82) is 0 Å². The fourth-order valence-electron chi connectivity index (χ4n) is 3.26. The van der Waals surface area contributed by atoms with Crippen LogP contribution in [0.3, 0.4) is 0 Å². The van der Waals surface area contributed by atoms with Crippen molar-refractivity contribution >= 4 is 5.69 Å². The van der Waals surface area contributed by atoms with Crippen molar-refractivity contribution in [2.45, 2.75) is 32.9 Å². The minimum Gasteiger partial charge on any atom is -0.373 e. The number of fused-ring (bicyclic) bond motifs is 1. The van der Waals surface area contributed by atoms with Gasteiger partial charge in [-0.05, 0) is 54.7 Å². The van der Waals surface area contributed by atoms with Crippen LogP contribution >= 0.6 is 0 Å². The molecule has 1 unspecified atom stereocenters. The molecule has 1 N–H and O–H groups in total. The Morgan fingerprint density at radius 3 is 2.43 bits per heavy atom. The van der Waals surface area contributed by atoms with Crippen molar-refractivity contribution in [2.24, 2.45) is 0 Å². The molecule has 110 valence electrons. The Labute approximate surface area is 127 Å². The van der Waals surface area contributed by atoms with E-state index in [-0.39, 0.29) is 0 Å². The van der Waals surface area contributed by atoms with Crippen molar-refractivity contribution in [2.75, 3.05) is 18.5 Å². The lowest BCUT2D eigenvalue weighted by atomic mass is 9.95. The number of benzene rings is 2. The van der Waals surface area contributed by atoms with Crippen LogP contribution in [0.1, 0.15) is 22.3 Å². The molecule has 1 aliphatic rings. The minimum atomic E-state index is 0.519. The van der Waals surface area contributed by atoms with Gasteiger partial charge in [-0.3, -0.25) is 0 Å². The second-order valence-electron chi connectivity index (χ2n) is 6.28. The average molecular weight is 280 g/mol. The van der Waals surface area contributed by atoms with Crippen molar-refractivity contribution in [3.05, 3.63) is 64.7 Å². The third kappa shape index (κ3) is 3.27. The summed E-state index contributed by atoms with van der Waals surface area (Å²) >= 11 is 0. The highest BCUT2D eigenvalue weighted by molar-refractivity contribution is 5.50. The van der Waals surface area contributed by atoms with Gasteiger partial charge >= 0.3 is 0 Å². The van der Waals surface area contributed by atoms with E-state index in [1.807, 2.05) is 0 Å². The van der Waals surface area contributed by atoms with Gasteiger partial charge in [0.05, 0.1) is 0 Å². The first kappa shape index (κ1) is 14.2. The zero-order valence-corrected chi connectivity index (χ0v) is 13.2. The molecule has 0 saturated carbocycles. The number of anilines is 1. The lowest BCUT2D eigenvalue weighted by molar-refractivity contribution is 0.480. The van der Waals surface area contributed by atoms with Crippen LogP contribution in [0.25, 0.3) is 0 Å². The molecule has 0 bridgehead atoms. The maximum atomic E-state index is 3.66. The van der Waals surface area contributed by atoms with E-state index in [0.717, 1.165) is 19.5 Å². The molecule has 0 amide bonds. The van der Waals surface area contributed by atoms with Gasteiger partial charge in [0.25, 0.3) is 0 Å². The number of hydrogen-bond donors (Lipinski definition) is 1. The van der Waals surface area contributed by atoms with Crippen LogP contribution in [-0.2, 0) is 13.0 Å². The second kappa shape index (κ2) is 5.90. The molecule has 2 nitrogen and oxygen atoms in total. The van der Waals surface area contributed by atoms with Gasteiger partial charge in [-0.25, -0.2) is 0 Å². The predicted molar refractivity (Wildman–Crippen MR) is 90.0 cm³/mol. The zero-order valence-electron chi connectivity index (χ0n) is 13.2. The lowest BCUT2D eigenvalue weighted by Gasteiger charge is -2.31. The molecule has 1 atom stereocenters. The van der Waals surface area contributed by atoms with Crippen LogP contribution in [0.15, 0.2) is 42.5 Å². The molecule has 21 heavy (non-hydrogen) atoms. The first-order chi connectivity index (χ1) is 10.1. The topological polar surface area (TPSA) is 15.3 Å². The molecule has 1 heterocycles. The van der Waals surface area contributed by atoms with Gasteiger partial charge < -0.3 is 10.2 Å². The summed E-state index contributed by atoms with van der Waals surface area (Å²) in [6, 6.07) is 16.1. The van der Waals surface area contributed by atoms with E-state index in [4.69, 9.17) is 0 Å². The molecular weight excluding hydrogens is 256 g/mol. The Hall–Kier alpha value is -1.80.